The predicted molar refractivity (Wildman–Crippen MR) is 80.8 cm³/mol. The molecule has 1 N–H and O–H groups in total. The van der Waals surface area contributed by atoms with Gasteiger partial charge in [0.05, 0.1) is 16.0 Å². The molecule has 1 saturated heterocycles. The fourth-order valence-electron chi connectivity index (χ4n) is 2.55. The summed E-state index contributed by atoms with van der Waals surface area (Å²) in [5.41, 5.74) is 0.266. The lowest BCUT2D eigenvalue weighted by atomic mass is 9.90. The molecule has 1 amide bonds. The van der Waals surface area contributed by atoms with Gasteiger partial charge in [-0.3, -0.25) is 9.59 Å². The normalized spacial score (nSPS) is 21.3. The summed E-state index contributed by atoms with van der Waals surface area (Å²) in [4.78, 5) is 29.6. The van der Waals surface area contributed by atoms with Crippen molar-refractivity contribution in [1.29, 1.82) is 0 Å². The Labute approximate surface area is 131 Å². The van der Waals surface area contributed by atoms with Crippen molar-refractivity contribution in [3.8, 4) is 11.5 Å². The van der Waals surface area contributed by atoms with Gasteiger partial charge in [0, 0.05) is 18.5 Å². The number of hydrogen-bond acceptors (Lipinski definition) is 5. The highest BCUT2D eigenvalue weighted by Crippen LogP contribution is 2.32. The molecule has 3 heterocycles. The molecule has 0 aliphatic carbocycles. The molecular weight excluding hydrogens is 304 g/mol. The molecule has 1 fully saturated rings. The summed E-state index contributed by atoms with van der Waals surface area (Å²) < 4.78 is 5.42. The second-order valence-electron chi connectivity index (χ2n) is 5.79. The first-order valence-corrected chi connectivity index (χ1v) is 7.81. The number of aromatic nitrogens is 1. The van der Waals surface area contributed by atoms with Gasteiger partial charge in [-0.15, -0.1) is 11.3 Å². The number of aryl methyl sites for hydroxylation is 1. The zero-order chi connectivity index (χ0) is 15.9. The summed E-state index contributed by atoms with van der Waals surface area (Å²) in [6, 6.07) is 1.66. The number of carbonyl (C=O) groups is 2. The van der Waals surface area contributed by atoms with Crippen molar-refractivity contribution >= 4 is 23.2 Å². The standard InChI is InChI=1S/C15H16N2O4S/c1-9-16-11(7-22-9)12-5-10(6-21-12)13(18)17-4-3-15(2,8-17)14(19)20/h5-7H,3-4,8H2,1-2H3,(H,19,20)/t15-/m1/s1. The highest BCUT2D eigenvalue weighted by atomic mass is 32.1. The van der Waals surface area contributed by atoms with Gasteiger partial charge in [-0.05, 0) is 26.3 Å². The number of carboxylic acids is 1. The summed E-state index contributed by atoms with van der Waals surface area (Å²) in [5, 5.41) is 12.0. The van der Waals surface area contributed by atoms with Gasteiger partial charge in [0.15, 0.2) is 5.76 Å². The second kappa shape index (κ2) is 5.24. The molecule has 1 aliphatic rings. The minimum atomic E-state index is -0.867. The van der Waals surface area contributed by atoms with Crippen LogP contribution < -0.4 is 0 Å². The van der Waals surface area contributed by atoms with Gasteiger partial charge in [0.2, 0.25) is 0 Å². The van der Waals surface area contributed by atoms with E-state index in [0.29, 0.717) is 30.0 Å². The van der Waals surface area contributed by atoms with Gasteiger partial charge >= 0.3 is 5.97 Å². The molecule has 116 valence electrons. The van der Waals surface area contributed by atoms with Crippen LogP contribution in [0.1, 0.15) is 28.7 Å². The van der Waals surface area contributed by atoms with E-state index in [1.54, 1.807) is 17.9 Å². The first-order valence-electron chi connectivity index (χ1n) is 6.93. The Kier molecular flexibility index (Phi) is 3.52. The average molecular weight is 320 g/mol. The first-order chi connectivity index (χ1) is 10.4. The van der Waals surface area contributed by atoms with E-state index in [2.05, 4.69) is 4.98 Å². The topological polar surface area (TPSA) is 83.6 Å². The molecule has 0 unspecified atom stereocenters. The van der Waals surface area contributed by atoms with E-state index in [9.17, 15) is 14.7 Å². The fourth-order valence-corrected chi connectivity index (χ4v) is 3.15. The van der Waals surface area contributed by atoms with Crippen LogP contribution in [0.5, 0.6) is 0 Å². The van der Waals surface area contributed by atoms with Crippen LogP contribution in [-0.2, 0) is 4.79 Å². The van der Waals surface area contributed by atoms with Crippen LogP contribution in [0.25, 0.3) is 11.5 Å². The highest BCUT2D eigenvalue weighted by Gasteiger charge is 2.42. The monoisotopic (exact) mass is 320 g/mol. The molecule has 0 bridgehead atoms. The lowest BCUT2D eigenvalue weighted by molar-refractivity contribution is -0.147. The van der Waals surface area contributed by atoms with Gasteiger partial charge in [-0.1, -0.05) is 0 Å². The molecule has 6 nitrogen and oxygen atoms in total. The smallest absolute Gasteiger partial charge is 0.311 e. The Morgan fingerprint density at radius 1 is 1.50 bits per heavy atom. The van der Waals surface area contributed by atoms with E-state index in [0.717, 1.165) is 5.01 Å². The van der Waals surface area contributed by atoms with E-state index in [-0.39, 0.29) is 12.5 Å². The van der Waals surface area contributed by atoms with E-state index in [1.807, 2.05) is 12.3 Å². The number of carbonyl (C=O) groups excluding carboxylic acids is 1. The molecule has 0 radical (unpaired) electrons. The Bertz CT molecular complexity index is 735. The van der Waals surface area contributed by atoms with E-state index >= 15 is 0 Å². The van der Waals surface area contributed by atoms with Crippen molar-refractivity contribution in [2.75, 3.05) is 13.1 Å². The van der Waals surface area contributed by atoms with Crippen molar-refractivity contribution in [1.82, 2.24) is 9.88 Å². The Morgan fingerprint density at radius 3 is 2.86 bits per heavy atom. The number of nitrogens with zero attached hydrogens (tertiary/aromatic N) is 2. The quantitative estimate of drug-likeness (QED) is 0.940. The van der Waals surface area contributed by atoms with Gasteiger partial charge in [0.25, 0.3) is 5.91 Å². The third-order valence-electron chi connectivity index (χ3n) is 3.99. The number of carboxylic acid groups (broad SMARTS) is 1. The Morgan fingerprint density at radius 2 is 2.27 bits per heavy atom. The largest absolute Gasteiger partial charge is 0.481 e. The molecule has 22 heavy (non-hydrogen) atoms. The van der Waals surface area contributed by atoms with E-state index in [4.69, 9.17) is 4.42 Å². The molecule has 2 aromatic heterocycles. The van der Waals surface area contributed by atoms with Crippen LogP contribution >= 0.6 is 11.3 Å². The fraction of sp³-hybridized carbons (Fsp3) is 0.400. The lowest BCUT2D eigenvalue weighted by Gasteiger charge is -2.19. The van der Waals surface area contributed by atoms with Gasteiger partial charge < -0.3 is 14.4 Å². The molecule has 1 aliphatic heterocycles. The maximum atomic E-state index is 12.5. The van der Waals surface area contributed by atoms with Crippen molar-refractivity contribution in [3.63, 3.8) is 0 Å². The van der Waals surface area contributed by atoms with Crippen LogP contribution in [0.2, 0.25) is 0 Å². The van der Waals surface area contributed by atoms with Crippen molar-refractivity contribution in [2.24, 2.45) is 5.41 Å². The number of aliphatic carboxylic acids is 1. The van der Waals surface area contributed by atoms with Crippen LogP contribution in [0.15, 0.2) is 22.1 Å². The van der Waals surface area contributed by atoms with Gasteiger partial charge in [-0.2, -0.15) is 0 Å². The van der Waals surface area contributed by atoms with E-state index in [1.165, 1.54) is 17.6 Å². The molecule has 0 saturated carbocycles. The Hall–Kier alpha value is -2.15. The van der Waals surface area contributed by atoms with Crippen LogP contribution in [0.3, 0.4) is 0 Å². The van der Waals surface area contributed by atoms with Crippen LogP contribution in [-0.4, -0.2) is 40.0 Å². The summed E-state index contributed by atoms with van der Waals surface area (Å²) in [6.07, 6.45) is 1.87. The molecule has 7 heteroatoms. The third kappa shape index (κ3) is 2.52. The van der Waals surface area contributed by atoms with Gasteiger partial charge in [-0.25, -0.2) is 4.98 Å². The average Bonchev–Trinajstić information content (AvgIpc) is 3.17. The Balaban J connectivity index is 1.77. The second-order valence-corrected chi connectivity index (χ2v) is 6.86. The maximum absolute atomic E-state index is 12.5. The van der Waals surface area contributed by atoms with Crippen LogP contribution in [0, 0.1) is 12.3 Å². The third-order valence-corrected chi connectivity index (χ3v) is 4.77. The van der Waals surface area contributed by atoms with Gasteiger partial charge in [0.1, 0.15) is 12.0 Å². The zero-order valence-corrected chi connectivity index (χ0v) is 13.1. The summed E-state index contributed by atoms with van der Waals surface area (Å²) in [7, 11) is 0. The molecular formula is C15H16N2O4S. The number of likely N-dealkylation sites (tertiary alicyclic amines) is 1. The van der Waals surface area contributed by atoms with E-state index < -0.39 is 11.4 Å². The number of furan rings is 1. The van der Waals surface area contributed by atoms with Crippen molar-refractivity contribution in [3.05, 3.63) is 28.3 Å². The van der Waals surface area contributed by atoms with Crippen molar-refractivity contribution < 1.29 is 19.1 Å². The zero-order valence-electron chi connectivity index (χ0n) is 12.3. The number of amides is 1. The number of rotatable bonds is 3. The molecule has 0 aromatic carbocycles. The lowest BCUT2D eigenvalue weighted by Crippen LogP contribution is -2.34. The molecule has 1 atom stereocenters. The molecule has 2 aromatic rings. The number of hydrogen-bond donors (Lipinski definition) is 1. The summed E-state index contributed by atoms with van der Waals surface area (Å²) in [5.74, 6) is -0.520. The summed E-state index contributed by atoms with van der Waals surface area (Å²) in [6.45, 7) is 4.23. The SMILES string of the molecule is Cc1nc(-c2cc(C(=O)N3CC[C@@](C)(C(=O)O)C3)co2)cs1. The molecule has 0 spiro atoms. The first kappa shape index (κ1) is 14.8. The predicted octanol–water partition coefficient (Wildman–Crippen LogP) is 2.65. The van der Waals surface area contributed by atoms with Crippen LogP contribution in [0.4, 0.5) is 0 Å². The molecule has 3 rings (SSSR count). The minimum Gasteiger partial charge on any atom is -0.481 e. The maximum Gasteiger partial charge on any atom is 0.311 e. The van der Waals surface area contributed by atoms with Crippen molar-refractivity contribution in [2.45, 2.75) is 20.3 Å². The highest BCUT2D eigenvalue weighted by molar-refractivity contribution is 7.09. The summed E-state index contributed by atoms with van der Waals surface area (Å²) >= 11 is 1.51. The minimum absolute atomic E-state index is 0.202. The number of thiazole rings is 1.